The second-order valence-electron chi connectivity index (χ2n) is 10.4. The van der Waals surface area contributed by atoms with Gasteiger partial charge in [-0.05, 0) is 74.4 Å². The molecule has 0 radical (unpaired) electrons. The summed E-state index contributed by atoms with van der Waals surface area (Å²) in [6.45, 7) is 2.60. The van der Waals surface area contributed by atoms with Crippen molar-refractivity contribution >= 4 is 68.2 Å². The van der Waals surface area contributed by atoms with Crippen LogP contribution < -0.4 is 16.0 Å². The smallest absolute Gasteiger partial charge is 0.254 e. The van der Waals surface area contributed by atoms with Crippen LogP contribution in [-0.2, 0) is 19.6 Å². The van der Waals surface area contributed by atoms with Crippen molar-refractivity contribution in [3.8, 4) is 6.07 Å². The summed E-state index contributed by atoms with van der Waals surface area (Å²) in [5.41, 5.74) is 1.64. The normalized spacial score (nSPS) is 17.4. The largest absolute Gasteiger partial charge is 0.468 e. The summed E-state index contributed by atoms with van der Waals surface area (Å²) in [6.07, 6.45) is 4.04. The van der Waals surface area contributed by atoms with Gasteiger partial charge in [0.1, 0.15) is 5.76 Å². The zero-order valence-electron chi connectivity index (χ0n) is 24.1. The molecule has 2 aliphatic rings. The van der Waals surface area contributed by atoms with Gasteiger partial charge in [-0.2, -0.15) is 9.57 Å². The summed E-state index contributed by atoms with van der Waals surface area (Å²) in [5.74, 6) is -1.50. The Morgan fingerprint density at radius 3 is 2.49 bits per heavy atom. The summed E-state index contributed by atoms with van der Waals surface area (Å²) >= 11 is 13.4. The van der Waals surface area contributed by atoms with Crippen molar-refractivity contribution < 1.29 is 22.4 Å². The number of sulfonamides is 1. The number of carbonyl (C=O) groups excluding carboxylic acids is 2. The number of rotatable bonds is 9. The van der Waals surface area contributed by atoms with Gasteiger partial charge in [0, 0.05) is 29.5 Å². The third-order valence-corrected chi connectivity index (χ3v) is 10.8. The highest BCUT2D eigenvalue weighted by atomic mass is 35.5. The molecular formula is C31H29Cl2N5O5S2. The van der Waals surface area contributed by atoms with Gasteiger partial charge in [0.2, 0.25) is 15.9 Å². The lowest BCUT2D eigenvalue weighted by Gasteiger charge is -2.28. The number of allylic oxidation sites excluding steroid dienone is 2. The minimum absolute atomic E-state index is 0.0478. The van der Waals surface area contributed by atoms with Crippen LogP contribution >= 0.6 is 35.0 Å². The molecule has 1 unspecified atom stereocenters. The van der Waals surface area contributed by atoms with Crippen LogP contribution in [0, 0.1) is 11.3 Å². The van der Waals surface area contributed by atoms with Crippen molar-refractivity contribution in [2.45, 2.75) is 37.0 Å². The van der Waals surface area contributed by atoms with Crippen molar-refractivity contribution in [3.05, 3.63) is 98.5 Å². The molecule has 234 valence electrons. The molecule has 45 heavy (non-hydrogen) atoms. The molecule has 1 fully saturated rings. The van der Waals surface area contributed by atoms with Gasteiger partial charge in [0.15, 0.2) is 0 Å². The number of nitriles is 1. The summed E-state index contributed by atoms with van der Waals surface area (Å²) in [7, 11) is -3.73. The van der Waals surface area contributed by atoms with Gasteiger partial charge in [-0.3, -0.25) is 9.59 Å². The Bertz CT molecular complexity index is 1810. The summed E-state index contributed by atoms with van der Waals surface area (Å²) in [6, 6.07) is 16.4. The van der Waals surface area contributed by atoms with E-state index in [4.69, 9.17) is 27.6 Å². The first-order chi connectivity index (χ1) is 21.6. The Kier molecular flexibility index (Phi) is 10.3. The highest BCUT2D eigenvalue weighted by Gasteiger charge is 2.36. The minimum Gasteiger partial charge on any atom is -0.468 e. The second-order valence-corrected chi connectivity index (χ2v) is 14.1. The van der Waals surface area contributed by atoms with E-state index >= 15 is 0 Å². The van der Waals surface area contributed by atoms with Gasteiger partial charge >= 0.3 is 0 Å². The number of nitrogens with zero attached hydrogens (tertiary/aromatic N) is 2. The van der Waals surface area contributed by atoms with Crippen LogP contribution in [0.4, 0.5) is 11.4 Å². The Morgan fingerprint density at radius 2 is 1.82 bits per heavy atom. The first-order valence-electron chi connectivity index (χ1n) is 14.0. The number of anilines is 2. The first-order valence-corrected chi connectivity index (χ1v) is 17.2. The van der Waals surface area contributed by atoms with Crippen molar-refractivity contribution in [3.63, 3.8) is 0 Å². The molecule has 1 saturated heterocycles. The maximum absolute atomic E-state index is 13.5. The van der Waals surface area contributed by atoms with E-state index in [-0.39, 0.29) is 32.5 Å². The maximum atomic E-state index is 13.5. The average molecular weight is 687 g/mol. The fourth-order valence-corrected chi connectivity index (χ4v) is 7.86. The van der Waals surface area contributed by atoms with Crippen molar-refractivity contribution in [1.82, 2.24) is 9.62 Å². The zero-order valence-corrected chi connectivity index (χ0v) is 27.2. The molecule has 1 aromatic heterocycles. The standard InChI is InChI=1S/C31H29Cl2N5O5S2/c1-19-28(30(40)36-21-9-7-20(32)8-10-21)29(26-6-5-15-43-26)23(17-34)31(35-19)44-18-27(39)37-25-16-22(11-12-24(25)33)45(41,42)38-13-3-2-4-14-38/h5-12,15-16,29,35H,2-4,13-14,18H2,1H3,(H,36,40)(H,37,39). The molecule has 3 N–H and O–H groups in total. The summed E-state index contributed by atoms with van der Waals surface area (Å²) in [5, 5.41) is 20.0. The lowest BCUT2D eigenvalue weighted by molar-refractivity contribution is -0.114. The number of amides is 2. The molecule has 10 nitrogen and oxygen atoms in total. The molecule has 1 atom stereocenters. The Morgan fingerprint density at radius 1 is 1.09 bits per heavy atom. The van der Waals surface area contributed by atoms with Crippen LogP contribution in [0.2, 0.25) is 10.0 Å². The number of halogens is 2. The molecule has 14 heteroatoms. The minimum atomic E-state index is -3.73. The van der Waals surface area contributed by atoms with Crippen LogP contribution in [0.1, 0.15) is 37.9 Å². The van der Waals surface area contributed by atoms with Crippen molar-refractivity contribution in [1.29, 1.82) is 5.26 Å². The third kappa shape index (κ3) is 7.40. The number of nitrogens with one attached hydrogen (secondary N) is 3. The number of carbonyl (C=O) groups is 2. The molecule has 0 saturated carbocycles. The Hall–Kier alpha value is -3.73. The van der Waals surface area contributed by atoms with E-state index in [1.807, 2.05) is 0 Å². The lowest BCUT2D eigenvalue weighted by Crippen LogP contribution is -2.35. The number of dihydropyridines is 1. The number of hydrogen-bond acceptors (Lipinski definition) is 8. The van der Waals surface area contributed by atoms with E-state index in [2.05, 4.69) is 22.0 Å². The van der Waals surface area contributed by atoms with E-state index in [1.165, 1.54) is 28.8 Å². The quantitative estimate of drug-likeness (QED) is 0.233. The van der Waals surface area contributed by atoms with Gasteiger partial charge in [-0.15, -0.1) is 0 Å². The van der Waals surface area contributed by atoms with Crippen LogP contribution in [0.5, 0.6) is 0 Å². The number of benzene rings is 2. The van der Waals surface area contributed by atoms with Gasteiger partial charge in [-0.1, -0.05) is 41.4 Å². The van der Waals surface area contributed by atoms with Crippen molar-refractivity contribution in [2.24, 2.45) is 0 Å². The number of piperidine rings is 1. The van der Waals surface area contributed by atoms with E-state index in [0.29, 0.717) is 40.3 Å². The molecule has 3 heterocycles. The molecule has 0 bridgehead atoms. The molecule has 2 amide bonds. The summed E-state index contributed by atoms with van der Waals surface area (Å²) < 4.78 is 33.4. The van der Waals surface area contributed by atoms with Crippen molar-refractivity contribution in [2.75, 3.05) is 29.5 Å². The number of furan rings is 1. The van der Waals surface area contributed by atoms with E-state index in [9.17, 15) is 23.3 Å². The zero-order chi connectivity index (χ0) is 32.1. The first kappa shape index (κ1) is 32.7. The topological polar surface area (TPSA) is 145 Å². The van der Waals surface area contributed by atoms with Crippen LogP contribution in [0.25, 0.3) is 0 Å². The van der Waals surface area contributed by atoms with Gasteiger partial charge in [-0.25, -0.2) is 8.42 Å². The van der Waals surface area contributed by atoms with E-state index in [0.717, 1.165) is 31.0 Å². The fraction of sp³-hybridized carbons (Fsp3) is 0.258. The number of hydrogen-bond donors (Lipinski definition) is 3. The van der Waals surface area contributed by atoms with Crippen LogP contribution in [-0.4, -0.2) is 43.4 Å². The SMILES string of the molecule is CC1=C(C(=O)Nc2ccc(Cl)cc2)C(c2ccco2)C(C#N)=C(SCC(=O)Nc2cc(S(=O)(=O)N3CCCCC3)ccc2Cl)N1. The number of thioether (sulfide) groups is 1. The maximum Gasteiger partial charge on any atom is 0.254 e. The highest BCUT2D eigenvalue weighted by Crippen LogP contribution is 2.41. The predicted octanol–water partition coefficient (Wildman–Crippen LogP) is 6.47. The third-order valence-electron chi connectivity index (χ3n) is 7.33. The van der Waals surface area contributed by atoms with Gasteiger partial charge in [0.25, 0.3) is 5.91 Å². The monoisotopic (exact) mass is 685 g/mol. The molecule has 5 rings (SSSR count). The Balaban J connectivity index is 1.34. The van der Waals surface area contributed by atoms with Gasteiger partial charge in [0.05, 0.1) is 55.8 Å². The molecular weight excluding hydrogens is 657 g/mol. The summed E-state index contributed by atoms with van der Waals surface area (Å²) in [4.78, 5) is 26.6. The molecule has 2 aliphatic heterocycles. The second kappa shape index (κ2) is 14.1. The predicted molar refractivity (Wildman–Crippen MR) is 175 cm³/mol. The van der Waals surface area contributed by atoms with E-state index in [1.54, 1.807) is 43.3 Å². The van der Waals surface area contributed by atoms with E-state index < -0.39 is 27.8 Å². The molecule has 0 aliphatic carbocycles. The molecule has 3 aromatic rings. The molecule has 0 spiro atoms. The average Bonchev–Trinajstić information content (AvgIpc) is 3.57. The lowest BCUT2D eigenvalue weighted by atomic mass is 9.85. The van der Waals surface area contributed by atoms with Crippen LogP contribution in [0.15, 0.2) is 92.0 Å². The molecule has 2 aromatic carbocycles. The fourth-order valence-electron chi connectivity index (χ4n) is 5.14. The van der Waals surface area contributed by atoms with Gasteiger partial charge < -0.3 is 20.4 Å². The Labute approximate surface area is 275 Å². The van der Waals surface area contributed by atoms with Crippen LogP contribution in [0.3, 0.4) is 0 Å². The highest BCUT2D eigenvalue weighted by molar-refractivity contribution is 8.03.